The second kappa shape index (κ2) is 6.02. The summed E-state index contributed by atoms with van der Waals surface area (Å²) in [5.41, 5.74) is 2.94. The van der Waals surface area contributed by atoms with Gasteiger partial charge in [0.1, 0.15) is 0 Å². The molecule has 1 heteroatoms. The van der Waals surface area contributed by atoms with Crippen LogP contribution < -0.4 is 5.32 Å². The van der Waals surface area contributed by atoms with E-state index in [1.807, 2.05) is 6.08 Å². The molecule has 1 N–H and O–H groups in total. The molecule has 1 aliphatic rings. The molecule has 1 atom stereocenters. The summed E-state index contributed by atoms with van der Waals surface area (Å²) in [4.78, 5) is 0. The van der Waals surface area contributed by atoms with Crippen molar-refractivity contribution in [2.75, 3.05) is 6.54 Å². The molecular weight excluding hydrogens is 206 g/mol. The summed E-state index contributed by atoms with van der Waals surface area (Å²) in [5, 5.41) is 3.53. The van der Waals surface area contributed by atoms with Gasteiger partial charge < -0.3 is 5.32 Å². The fourth-order valence-corrected chi connectivity index (χ4v) is 2.52. The minimum absolute atomic E-state index is 0.428. The highest BCUT2D eigenvalue weighted by atomic mass is 14.9. The Morgan fingerprint density at radius 2 is 2.29 bits per heavy atom. The van der Waals surface area contributed by atoms with Gasteiger partial charge in [-0.15, -0.1) is 6.58 Å². The summed E-state index contributed by atoms with van der Waals surface area (Å²) in [6, 6.07) is 9.54. The number of hydrogen-bond acceptors (Lipinski definition) is 1. The second-order valence-corrected chi connectivity index (χ2v) is 4.93. The molecule has 0 bridgehead atoms. The fourth-order valence-electron chi connectivity index (χ4n) is 2.52. The molecule has 0 aliphatic heterocycles. The van der Waals surface area contributed by atoms with Crippen LogP contribution in [0.15, 0.2) is 36.9 Å². The smallest absolute Gasteiger partial charge is 0.0354 e. The maximum Gasteiger partial charge on any atom is 0.0354 e. The molecule has 1 aromatic carbocycles. The summed E-state index contributed by atoms with van der Waals surface area (Å²) in [6.07, 6.45) is 7.15. The molecule has 1 nitrogen and oxygen atoms in total. The summed E-state index contributed by atoms with van der Waals surface area (Å²) in [7, 11) is 0. The van der Waals surface area contributed by atoms with Crippen molar-refractivity contribution >= 4 is 0 Å². The van der Waals surface area contributed by atoms with Crippen LogP contribution in [0.2, 0.25) is 0 Å². The Balaban J connectivity index is 2.14. The molecule has 0 aromatic heterocycles. The summed E-state index contributed by atoms with van der Waals surface area (Å²) in [5.74, 6) is 0.820. The van der Waals surface area contributed by atoms with Gasteiger partial charge in [-0.05, 0) is 42.9 Å². The molecule has 1 aromatic rings. The van der Waals surface area contributed by atoms with Gasteiger partial charge in [-0.3, -0.25) is 0 Å². The number of hydrogen-bond donors (Lipinski definition) is 1. The molecule has 92 valence electrons. The minimum atomic E-state index is 0.428. The van der Waals surface area contributed by atoms with Crippen LogP contribution in [0.25, 0.3) is 0 Å². The van der Waals surface area contributed by atoms with Crippen LogP contribution in [0.1, 0.15) is 55.7 Å². The van der Waals surface area contributed by atoms with Crippen LogP contribution in [0.4, 0.5) is 0 Å². The zero-order valence-electron chi connectivity index (χ0n) is 10.8. The molecule has 0 amide bonds. The van der Waals surface area contributed by atoms with Crippen LogP contribution in [-0.2, 0) is 0 Å². The molecule has 1 fully saturated rings. The van der Waals surface area contributed by atoms with Gasteiger partial charge in [0.05, 0.1) is 0 Å². The maximum absolute atomic E-state index is 3.85. The number of rotatable bonds is 6. The normalized spacial score (nSPS) is 17.5. The molecule has 1 aliphatic carbocycles. The van der Waals surface area contributed by atoms with E-state index >= 15 is 0 Å². The van der Waals surface area contributed by atoms with E-state index in [9.17, 15) is 0 Å². The fraction of sp³-hybridized carbons (Fsp3) is 0.500. The lowest BCUT2D eigenvalue weighted by atomic mass is 9.79. The molecule has 1 saturated carbocycles. The average molecular weight is 229 g/mol. The van der Waals surface area contributed by atoms with Crippen molar-refractivity contribution in [3.8, 4) is 0 Å². The van der Waals surface area contributed by atoms with Gasteiger partial charge in [-0.1, -0.05) is 43.7 Å². The van der Waals surface area contributed by atoms with Crippen LogP contribution in [0.3, 0.4) is 0 Å². The second-order valence-electron chi connectivity index (χ2n) is 4.93. The first kappa shape index (κ1) is 12.4. The van der Waals surface area contributed by atoms with Gasteiger partial charge in [-0.25, -0.2) is 0 Å². The standard InChI is InChI=1S/C16H23N/c1-3-7-16(17-4-2)15-11-6-10-14(12-15)13-8-5-9-13/h3,6,10-13,16-17H,1,4-5,7-9H2,2H3. The lowest BCUT2D eigenvalue weighted by molar-refractivity contribution is 0.419. The topological polar surface area (TPSA) is 12.0 Å². The van der Waals surface area contributed by atoms with Crippen molar-refractivity contribution in [1.82, 2.24) is 5.32 Å². The van der Waals surface area contributed by atoms with Gasteiger partial charge >= 0.3 is 0 Å². The molecule has 0 radical (unpaired) electrons. The molecule has 0 heterocycles. The highest BCUT2D eigenvalue weighted by Crippen LogP contribution is 2.37. The Bertz CT molecular complexity index is 366. The Labute approximate surface area is 105 Å². The molecule has 17 heavy (non-hydrogen) atoms. The van der Waals surface area contributed by atoms with Crippen LogP contribution >= 0.6 is 0 Å². The lowest BCUT2D eigenvalue weighted by Crippen LogP contribution is -2.20. The Morgan fingerprint density at radius 3 is 2.88 bits per heavy atom. The van der Waals surface area contributed by atoms with Crippen LogP contribution in [0.5, 0.6) is 0 Å². The van der Waals surface area contributed by atoms with E-state index in [0.29, 0.717) is 6.04 Å². The monoisotopic (exact) mass is 229 g/mol. The third kappa shape index (κ3) is 2.98. The third-order valence-corrected chi connectivity index (χ3v) is 3.74. The summed E-state index contributed by atoms with van der Waals surface area (Å²) < 4.78 is 0. The van der Waals surface area contributed by atoms with E-state index in [1.54, 1.807) is 0 Å². The summed E-state index contributed by atoms with van der Waals surface area (Å²) in [6.45, 7) is 7.02. The maximum atomic E-state index is 3.85. The predicted molar refractivity (Wildman–Crippen MR) is 74.3 cm³/mol. The van der Waals surface area contributed by atoms with Gasteiger partial charge in [-0.2, -0.15) is 0 Å². The largest absolute Gasteiger partial charge is 0.310 e. The molecular formula is C16H23N. The quantitative estimate of drug-likeness (QED) is 0.722. The van der Waals surface area contributed by atoms with Crippen molar-refractivity contribution in [3.63, 3.8) is 0 Å². The van der Waals surface area contributed by atoms with E-state index < -0.39 is 0 Å². The van der Waals surface area contributed by atoms with E-state index in [1.165, 1.54) is 30.4 Å². The molecule has 0 spiro atoms. The van der Waals surface area contributed by atoms with Gasteiger partial charge in [0.25, 0.3) is 0 Å². The van der Waals surface area contributed by atoms with Crippen molar-refractivity contribution < 1.29 is 0 Å². The van der Waals surface area contributed by atoms with Crippen molar-refractivity contribution in [3.05, 3.63) is 48.0 Å². The Hall–Kier alpha value is -1.08. The van der Waals surface area contributed by atoms with E-state index in [2.05, 4.69) is 43.1 Å². The Kier molecular flexibility index (Phi) is 4.38. The van der Waals surface area contributed by atoms with Crippen LogP contribution in [-0.4, -0.2) is 6.54 Å². The van der Waals surface area contributed by atoms with Gasteiger partial charge in [0, 0.05) is 6.04 Å². The minimum Gasteiger partial charge on any atom is -0.310 e. The SMILES string of the molecule is C=CCC(NCC)c1cccc(C2CCC2)c1. The van der Waals surface area contributed by atoms with Crippen molar-refractivity contribution in [2.24, 2.45) is 0 Å². The number of nitrogens with one attached hydrogen (secondary N) is 1. The van der Waals surface area contributed by atoms with Crippen molar-refractivity contribution in [2.45, 2.75) is 44.6 Å². The first-order valence-corrected chi connectivity index (χ1v) is 6.79. The molecule has 1 unspecified atom stereocenters. The lowest BCUT2D eigenvalue weighted by Gasteiger charge is -2.27. The predicted octanol–water partition coefficient (Wildman–Crippen LogP) is 4.18. The van der Waals surface area contributed by atoms with Gasteiger partial charge in [0.15, 0.2) is 0 Å². The summed E-state index contributed by atoms with van der Waals surface area (Å²) >= 11 is 0. The Morgan fingerprint density at radius 1 is 1.47 bits per heavy atom. The zero-order valence-corrected chi connectivity index (χ0v) is 10.8. The molecule has 2 rings (SSSR count). The van der Waals surface area contributed by atoms with E-state index in [0.717, 1.165) is 18.9 Å². The average Bonchev–Trinajstić information content (AvgIpc) is 2.27. The highest BCUT2D eigenvalue weighted by molar-refractivity contribution is 5.30. The first-order chi connectivity index (χ1) is 8.35. The van der Waals surface area contributed by atoms with E-state index in [4.69, 9.17) is 0 Å². The van der Waals surface area contributed by atoms with Crippen molar-refractivity contribution in [1.29, 1.82) is 0 Å². The first-order valence-electron chi connectivity index (χ1n) is 6.79. The van der Waals surface area contributed by atoms with E-state index in [-0.39, 0.29) is 0 Å². The number of benzene rings is 1. The highest BCUT2D eigenvalue weighted by Gasteiger charge is 2.20. The van der Waals surface area contributed by atoms with Crippen LogP contribution in [0, 0.1) is 0 Å². The molecule has 0 saturated heterocycles. The van der Waals surface area contributed by atoms with Gasteiger partial charge in [0.2, 0.25) is 0 Å². The zero-order chi connectivity index (χ0) is 12.1. The third-order valence-electron chi connectivity index (χ3n) is 3.74.